The van der Waals surface area contributed by atoms with Crippen molar-refractivity contribution < 1.29 is 4.42 Å². The Balaban J connectivity index is 2.50. The largest absolute Gasteiger partial charge is 0.465 e. The van der Waals surface area contributed by atoms with Crippen LogP contribution in [0.15, 0.2) is 10.5 Å². The van der Waals surface area contributed by atoms with E-state index in [2.05, 4.69) is 50.4 Å². The van der Waals surface area contributed by atoms with E-state index in [0.29, 0.717) is 6.04 Å². The molecule has 0 bridgehead atoms. The number of thioether (sulfide) groups is 1. The Labute approximate surface area is 128 Å². The number of nitrogens with zero attached hydrogens (tertiary/aromatic N) is 1. The summed E-state index contributed by atoms with van der Waals surface area (Å²) in [4.78, 5) is 2.41. The van der Waals surface area contributed by atoms with Gasteiger partial charge in [-0.05, 0) is 58.4 Å². The van der Waals surface area contributed by atoms with Crippen molar-refractivity contribution in [2.45, 2.75) is 52.7 Å². The number of nitrogens with one attached hydrogen (secondary N) is 1. The zero-order chi connectivity index (χ0) is 15.0. The molecule has 1 unspecified atom stereocenters. The molecule has 0 saturated carbocycles. The minimum Gasteiger partial charge on any atom is -0.465 e. The maximum atomic E-state index is 5.83. The Bertz CT molecular complexity index is 379. The van der Waals surface area contributed by atoms with Crippen LogP contribution in [0.3, 0.4) is 0 Å². The van der Waals surface area contributed by atoms with Gasteiger partial charge in [-0.3, -0.25) is 4.90 Å². The van der Waals surface area contributed by atoms with Gasteiger partial charge in [0.2, 0.25) is 0 Å². The fourth-order valence-electron chi connectivity index (χ4n) is 2.15. The molecule has 1 atom stereocenters. The summed E-state index contributed by atoms with van der Waals surface area (Å²) < 4.78 is 5.83. The molecule has 0 fully saturated rings. The van der Waals surface area contributed by atoms with Gasteiger partial charge in [-0.2, -0.15) is 11.8 Å². The zero-order valence-electron chi connectivity index (χ0n) is 13.7. The highest BCUT2D eigenvalue weighted by Crippen LogP contribution is 2.18. The van der Waals surface area contributed by atoms with E-state index < -0.39 is 0 Å². The van der Waals surface area contributed by atoms with E-state index >= 15 is 0 Å². The Morgan fingerprint density at radius 2 is 2.20 bits per heavy atom. The van der Waals surface area contributed by atoms with Gasteiger partial charge in [0.25, 0.3) is 0 Å². The number of hydrogen-bond acceptors (Lipinski definition) is 4. The first-order valence-corrected chi connectivity index (χ1v) is 8.95. The van der Waals surface area contributed by atoms with Gasteiger partial charge in [0.15, 0.2) is 0 Å². The maximum absolute atomic E-state index is 5.83. The van der Waals surface area contributed by atoms with E-state index in [1.807, 2.05) is 11.8 Å². The van der Waals surface area contributed by atoms with Gasteiger partial charge < -0.3 is 9.73 Å². The van der Waals surface area contributed by atoms with Gasteiger partial charge in [0.05, 0.1) is 6.54 Å². The second kappa shape index (κ2) is 9.48. The number of furan rings is 1. The van der Waals surface area contributed by atoms with Gasteiger partial charge in [-0.15, -0.1) is 0 Å². The van der Waals surface area contributed by atoms with E-state index in [1.54, 1.807) is 0 Å². The summed E-state index contributed by atoms with van der Waals surface area (Å²) in [6, 6.07) is 2.81. The van der Waals surface area contributed by atoms with Crippen LogP contribution < -0.4 is 5.32 Å². The highest BCUT2D eigenvalue weighted by molar-refractivity contribution is 7.98. The van der Waals surface area contributed by atoms with Crippen LogP contribution in [0.4, 0.5) is 0 Å². The molecule has 20 heavy (non-hydrogen) atoms. The van der Waals surface area contributed by atoms with Crippen LogP contribution in [0.25, 0.3) is 0 Å². The van der Waals surface area contributed by atoms with Crippen molar-refractivity contribution in [3.63, 3.8) is 0 Å². The summed E-state index contributed by atoms with van der Waals surface area (Å²) in [6.07, 6.45) is 4.56. The Morgan fingerprint density at radius 1 is 1.45 bits per heavy atom. The van der Waals surface area contributed by atoms with Crippen LogP contribution in [-0.4, -0.2) is 36.5 Å². The molecule has 3 nitrogen and oxygen atoms in total. The van der Waals surface area contributed by atoms with Gasteiger partial charge >= 0.3 is 0 Å². The normalized spacial score (nSPS) is 13.1. The van der Waals surface area contributed by atoms with E-state index in [1.165, 1.54) is 17.7 Å². The summed E-state index contributed by atoms with van der Waals surface area (Å²) in [5, 5.41) is 3.39. The highest BCUT2D eigenvalue weighted by atomic mass is 32.2. The third-order valence-corrected chi connectivity index (χ3v) is 4.35. The summed E-state index contributed by atoms with van der Waals surface area (Å²) in [6.45, 7) is 9.39. The number of aryl methyl sites for hydroxylation is 1. The molecule has 0 spiro atoms. The van der Waals surface area contributed by atoms with Crippen molar-refractivity contribution in [3.8, 4) is 0 Å². The van der Waals surface area contributed by atoms with Crippen molar-refractivity contribution in [3.05, 3.63) is 23.2 Å². The third kappa shape index (κ3) is 5.90. The second-order valence-corrected chi connectivity index (χ2v) is 6.50. The quantitative estimate of drug-likeness (QED) is 0.667. The molecule has 1 N–H and O–H groups in total. The van der Waals surface area contributed by atoms with Crippen molar-refractivity contribution in [1.82, 2.24) is 10.2 Å². The maximum Gasteiger partial charge on any atom is 0.118 e. The lowest BCUT2D eigenvalue weighted by atomic mass is 10.2. The van der Waals surface area contributed by atoms with Crippen molar-refractivity contribution >= 4 is 11.8 Å². The average molecular weight is 298 g/mol. The number of hydrogen-bond donors (Lipinski definition) is 1. The molecule has 0 aliphatic rings. The summed E-state index contributed by atoms with van der Waals surface area (Å²) in [5.74, 6) is 3.33. The van der Waals surface area contributed by atoms with Crippen LogP contribution in [-0.2, 0) is 13.1 Å². The molecule has 1 aromatic heterocycles. The fraction of sp³-hybridized carbons (Fsp3) is 0.750. The van der Waals surface area contributed by atoms with Crippen molar-refractivity contribution in [2.75, 3.05) is 25.6 Å². The average Bonchev–Trinajstić information content (AvgIpc) is 2.76. The molecule has 0 aliphatic carbocycles. The lowest BCUT2D eigenvalue weighted by molar-refractivity contribution is 0.243. The zero-order valence-corrected chi connectivity index (χ0v) is 14.5. The van der Waals surface area contributed by atoms with Gasteiger partial charge in [-0.25, -0.2) is 0 Å². The van der Waals surface area contributed by atoms with Crippen molar-refractivity contribution in [1.29, 1.82) is 0 Å². The molecule has 1 heterocycles. The van der Waals surface area contributed by atoms with Crippen LogP contribution in [0.2, 0.25) is 0 Å². The molecule has 0 radical (unpaired) electrons. The topological polar surface area (TPSA) is 28.4 Å². The van der Waals surface area contributed by atoms with Gasteiger partial charge in [0.1, 0.15) is 11.5 Å². The van der Waals surface area contributed by atoms with Gasteiger partial charge in [-0.1, -0.05) is 6.92 Å². The lowest BCUT2D eigenvalue weighted by Gasteiger charge is -2.24. The summed E-state index contributed by atoms with van der Waals surface area (Å²) in [5.41, 5.74) is 1.32. The first-order chi connectivity index (χ1) is 9.58. The molecule has 1 aromatic rings. The molecule has 116 valence electrons. The van der Waals surface area contributed by atoms with Gasteiger partial charge in [0, 0.05) is 18.2 Å². The molecule has 0 saturated heterocycles. The van der Waals surface area contributed by atoms with Crippen LogP contribution in [0, 0.1) is 6.92 Å². The van der Waals surface area contributed by atoms with Crippen LogP contribution in [0.1, 0.15) is 43.8 Å². The molecule has 0 aliphatic heterocycles. The molecule has 1 rings (SSSR count). The Morgan fingerprint density at radius 3 is 2.85 bits per heavy atom. The monoisotopic (exact) mass is 298 g/mol. The molecule has 4 heteroatoms. The smallest absolute Gasteiger partial charge is 0.118 e. The Hall–Kier alpha value is -0.450. The molecule has 0 amide bonds. The molecule has 0 aromatic carbocycles. The predicted molar refractivity (Wildman–Crippen MR) is 89.4 cm³/mol. The third-order valence-electron chi connectivity index (χ3n) is 3.71. The summed E-state index contributed by atoms with van der Waals surface area (Å²) >= 11 is 1.92. The van der Waals surface area contributed by atoms with E-state index in [0.717, 1.165) is 37.6 Å². The van der Waals surface area contributed by atoms with E-state index in [-0.39, 0.29) is 0 Å². The van der Waals surface area contributed by atoms with E-state index in [4.69, 9.17) is 4.42 Å². The fourth-order valence-corrected chi connectivity index (χ4v) is 2.73. The Kier molecular flexibility index (Phi) is 8.34. The van der Waals surface area contributed by atoms with Crippen LogP contribution in [0.5, 0.6) is 0 Å². The number of rotatable bonds is 10. The minimum atomic E-state index is 0.610. The van der Waals surface area contributed by atoms with E-state index in [9.17, 15) is 0 Å². The molecular weight excluding hydrogens is 268 g/mol. The molecular formula is C16H30N2OS. The summed E-state index contributed by atoms with van der Waals surface area (Å²) in [7, 11) is 2.20. The lowest BCUT2D eigenvalue weighted by Crippen LogP contribution is -2.29. The minimum absolute atomic E-state index is 0.610. The van der Waals surface area contributed by atoms with Crippen LogP contribution >= 0.6 is 11.8 Å². The second-order valence-electron chi connectivity index (χ2n) is 5.52. The first kappa shape index (κ1) is 17.6. The van der Waals surface area contributed by atoms with Crippen molar-refractivity contribution in [2.24, 2.45) is 0 Å². The SMILES string of the molecule is CCCNCc1cc(CN(C)C(C)CCSC)c(C)o1. The standard InChI is InChI=1S/C16H30N2OS/c1-6-8-17-11-16-10-15(14(3)19-16)12-18(4)13(2)7-9-20-5/h10,13,17H,6-9,11-12H2,1-5H3. The highest BCUT2D eigenvalue weighted by Gasteiger charge is 2.13. The first-order valence-electron chi connectivity index (χ1n) is 7.56. The predicted octanol–water partition coefficient (Wildman–Crippen LogP) is 3.66.